The maximum atomic E-state index is 11.2. The van der Waals surface area contributed by atoms with Crippen molar-refractivity contribution in [3.8, 4) is 0 Å². The highest BCUT2D eigenvalue weighted by molar-refractivity contribution is 7.89. The van der Waals surface area contributed by atoms with Gasteiger partial charge in [0.25, 0.3) is 5.91 Å². The van der Waals surface area contributed by atoms with E-state index in [1.54, 1.807) is 6.92 Å². The van der Waals surface area contributed by atoms with Gasteiger partial charge in [-0.3, -0.25) is 9.63 Å². The topological polar surface area (TPSA) is 84.5 Å². The highest BCUT2D eigenvalue weighted by atomic mass is 32.2. The van der Waals surface area contributed by atoms with Gasteiger partial charge in [0.15, 0.2) is 0 Å². The first kappa shape index (κ1) is 13.3. The average Bonchev–Trinajstić information content (AvgIpc) is 2.03. The summed E-state index contributed by atoms with van der Waals surface area (Å²) in [5, 5.41) is 0. The van der Waals surface area contributed by atoms with E-state index < -0.39 is 22.0 Å². The van der Waals surface area contributed by atoms with Gasteiger partial charge in [-0.1, -0.05) is 6.92 Å². The van der Waals surface area contributed by atoms with Gasteiger partial charge in [-0.05, 0) is 13.3 Å². The second-order valence-electron chi connectivity index (χ2n) is 2.83. The first-order valence-electron chi connectivity index (χ1n) is 4.25. The van der Waals surface area contributed by atoms with Crippen LogP contribution in [-0.4, -0.2) is 33.2 Å². The summed E-state index contributed by atoms with van der Waals surface area (Å²) in [6.45, 7) is 3.20. The summed E-state index contributed by atoms with van der Waals surface area (Å²) in [7, 11) is -2.08. The van der Waals surface area contributed by atoms with Crippen molar-refractivity contribution in [3.63, 3.8) is 0 Å². The molecule has 0 fully saturated rings. The quantitative estimate of drug-likeness (QED) is 0.589. The molecule has 0 aliphatic rings. The van der Waals surface area contributed by atoms with Gasteiger partial charge in [0.2, 0.25) is 10.0 Å². The van der Waals surface area contributed by atoms with Crippen LogP contribution in [0.1, 0.15) is 20.3 Å². The predicted molar refractivity (Wildman–Crippen MR) is 51.8 cm³/mol. The van der Waals surface area contributed by atoms with Gasteiger partial charge in [-0.15, -0.1) is 0 Å². The van der Waals surface area contributed by atoms with Gasteiger partial charge in [0.1, 0.15) is 0 Å². The molecular weight excluding hydrogens is 208 g/mol. The van der Waals surface area contributed by atoms with Crippen molar-refractivity contribution in [2.45, 2.75) is 26.3 Å². The van der Waals surface area contributed by atoms with Crippen molar-refractivity contribution < 1.29 is 18.0 Å². The molecule has 0 aromatic rings. The van der Waals surface area contributed by atoms with E-state index in [1.165, 1.54) is 14.0 Å². The summed E-state index contributed by atoms with van der Waals surface area (Å²) in [4.78, 5) is 15.4. The zero-order valence-electron chi connectivity index (χ0n) is 8.53. The number of hydroxylamine groups is 1. The number of hydrogen-bond donors (Lipinski definition) is 2. The molecule has 84 valence electrons. The Hall–Kier alpha value is -0.660. The van der Waals surface area contributed by atoms with E-state index in [2.05, 4.69) is 9.56 Å². The van der Waals surface area contributed by atoms with Crippen LogP contribution in [0.25, 0.3) is 0 Å². The number of rotatable bonds is 6. The second kappa shape index (κ2) is 5.94. The van der Waals surface area contributed by atoms with E-state index in [1.807, 2.05) is 5.48 Å². The largest absolute Gasteiger partial charge is 0.277 e. The fraction of sp³-hybridized carbons (Fsp3) is 0.857. The van der Waals surface area contributed by atoms with E-state index in [0.29, 0.717) is 6.42 Å². The Bertz CT molecular complexity index is 275. The molecule has 1 atom stereocenters. The number of carbonyl (C=O) groups is 1. The third kappa shape index (κ3) is 5.15. The lowest BCUT2D eigenvalue weighted by molar-refractivity contribution is -0.132. The van der Waals surface area contributed by atoms with Crippen LogP contribution < -0.4 is 10.2 Å². The van der Waals surface area contributed by atoms with Crippen molar-refractivity contribution >= 4 is 15.9 Å². The molecule has 0 heterocycles. The minimum atomic E-state index is -3.36. The van der Waals surface area contributed by atoms with Gasteiger partial charge >= 0.3 is 0 Å². The van der Waals surface area contributed by atoms with Gasteiger partial charge in [0.05, 0.1) is 18.9 Å². The maximum Gasteiger partial charge on any atom is 0.261 e. The molecule has 0 aliphatic heterocycles. The molecule has 0 aromatic heterocycles. The highest BCUT2D eigenvalue weighted by Crippen LogP contribution is 1.92. The predicted octanol–water partition coefficient (Wildman–Crippen LogP) is -0.618. The molecule has 6 nitrogen and oxygen atoms in total. The van der Waals surface area contributed by atoms with Gasteiger partial charge in [0, 0.05) is 0 Å². The van der Waals surface area contributed by atoms with Gasteiger partial charge < -0.3 is 0 Å². The Morgan fingerprint density at radius 2 is 2.07 bits per heavy atom. The first-order chi connectivity index (χ1) is 6.43. The van der Waals surface area contributed by atoms with Crippen molar-refractivity contribution in [2.75, 3.05) is 12.9 Å². The smallest absolute Gasteiger partial charge is 0.261 e. The second-order valence-corrected chi connectivity index (χ2v) is 4.70. The van der Waals surface area contributed by atoms with Crippen LogP contribution in [-0.2, 0) is 19.7 Å². The summed E-state index contributed by atoms with van der Waals surface area (Å²) < 4.78 is 24.7. The van der Waals surface area contributed by atoms with E-state index in [4.69, 9.17) is 0 Å². The average molecular weight is 224 g/mol. The summed E-state index contributed by atoms with van der Waals surface area (Å²) in [5.41, 5.74) is 2.04. The fourth-order valence-electron chi connectivity index (χ4n) is 0.839. The Morgan fingerprint density at radius 1 is 1.50 bits per heavy atom. The number of carbonyl (C=O) groups excluding carboxylic acids is 1. The summed E-state index contributed by atoms with van der Waals surface area (Å²) in [6, 6.07) is -0.827. The van der Waals surface area contributed by atoms with Crippen molar-refractivity contribution in [1.29, 1.82) is 0 Å². The molecule has 0 aliphatic carbocycles. The third-order valence-electron chi connectivity index (χ3n) is 1.43. The SMILES string of the molecule is CCCS(=O)(=O)NC(C)C(=O)NOC. The number of nitrogens with one attached hydrogen (secondary N) is 2. The molecule has 0 bridgehead atoms. The van der Waals surface area contributed by atoms with E-state index in [0.717, 1.165) is 0 Å². The molecule has 0 aromatic carbocycles. The van der Waals surface area contributed by atoms with E-state index >= 15 is 0 Å². The van der Waals surface area contributed by atoms with Crippen LogP contribution in [0.15, 0.2) is 0 Å². The Balaban J connectivity index is 4.17. The number of amides is 1. The minimum Gasteiger partial charge on any atom is -0.277 e. The first-order valence-corrected chi connectivity index (χ1v) is 5.91. The van der Waals surface area contributed by atoms with Crippen LogP contribution in [0, 0.1) is 0 Å². The molecule has 14 heavy (non-hydrogen) atoms. The molecule has 0 rings (SSSR count). The van der Waals surface area contributed by atoms with Gasteiger partial charge in [-0.25, -0.2) is 18.6 Å². The maximum absolute atomic E-state index is 11.2. The summed E-state index contributed by atoms with van der Waals surface area (Å²) >= 11 is 0. The molecule has 1 unspecified atom stereocenters. The zero-order valence-corrected chi connectivity index (χ0v) is 9.35. The number of sulfonamides is 1. The minimum absolute atomic E-state index is 0.0115. The molecule has 0 saturated carbocycles. The standard InChI is InChI=1S/C7H16N2O4S/c1-4-5-14(11,12)9-6(2)7(10)8-13-3/h6,9H,4-5H2,1-3H3,(H,8,10). The van der Waals surface area contributed by atoms with Crippen LogP contribution in [0.3, 0.4) is 0 Å². The molecule has 0 spiro atoms. The van der Waals surface area contributed by atoms with Gasteiger partial charge in [-0.2, -0.15) is 0 Å². The molecule has 0 saturated heterocycles. The van der Waals surface area contributed by atoms with Crippen molar-refractivity contribution in [1.82, 2.24) is 10.2 Å². The van der Waals surface area contributed by atoms with Crippen LogP contribution in [0.2, 0.25) is 0 Å². The van der Waals surface area contributed by atoms with Crippen molar-refractivity contribution in [3.05, 3.63) is 0 Å². The molecule has 7 heteroatoms. The zero-order chi connectivity index (χ0) is 11.2. The van der Waals surface area contributed by atoms with Crippen LogP contribution in [0.4, 0.5) is 0 Å². The monoisotopic (exact) mass is 224 g/mol. The lowest BCUT2D eigenvalue weighted by Gasteiger charge is -2.12. The Kier molecular flexibility index (Phi) is 5.66. The van der Waals surface area contributed by atoms with Crippen LogP contribution >= 0.6 is 0 Å². The normalized spacial score (nSPS) is 13.6. The van der Waals surface area contributed by atoms with Crippen molar-refractivity contribution in [2.24, 2.45) is 0 Å². The van der Waals surface area contributed by atoms with Crippen LogP contribution in [0.5, 0.6) is 0 Å². The summed E-state index contributed by atoms with van der Waals surface area (Å²) in [6.07, 6.45) is 0.508. The number of hydrogen-bond acceptors (Lipinski definition) is 4. The Morgan fingerprint density at radius 3 is 2.50 bits per heavy atom. The molecule has 1 amide bonds. The molecule has 2 N–H and O–H groups in total. The fourth-order valence-corrected chi connectivity index (χ4v) is 2.14. The third-order valence-corrected chi connectivity index (χ3v) is 3.08. The van der Waals surface area contributed by atoms with E-state index in [9.17, 15) is 13.2 Å². The lowest BCUT2D eigenvalue weighted by Crippen LogP contribution is -2.45. The Labute approximate surface area is 84.0 Å². The molecular formula is C7H16N2O4S. The van der Waals surface area contributed by atoms with E-state index in [-0.39, 0.29) is 5.75 Å². The lowest BCUT2D eigenvalue weighted by atomic mass is 10.4. The molecule has 0 radical (unpaired) electrons. The highest BCUT2D eigenvalue weighted by Gasteiger charge is 2.18. The summed E-state index contributed by atoms with van der Waals surface area (Å²) in [5.74, 6) is -0.510.